The van der Waals surface area contributed by atoms with Crippen LogP contribution in [0.2, 0.25) is 10.0 Å². The number of benzene rings is 2. The topological polar surface area (TPSA) is 29.1 Å². The second-order valence-corrected chi connectivity index (χ2v) is 5.66. The van der Waals surface area contributed by atoms with E-state index in [9.17, 15) is 4.79 Å². The minimum Gasteiger partial charge on any atom is -0.384 e. The van der Waals surface area contributed by atoms with E-state index in [1.165, 1.54) is 5.56 Å². The van der Waals surface area contributed by atoms with Gasteiger partial charge in [0.1, 0.15) is 0 Å². The molecule has 0 unspecified atom stereocenters. The first kappa shape index (κ1) is 13.5. The third-order valence-electron chi connectivity index (χ3n) is 3.54. The van der Waals surface area contributed by atoms with Crippen LogP contribution in [-0.2, 0) is 12.8 Å². The Morgan fingerprint density at radius 1 is 1.15 bits per heavy atom. The van der Waals surface area contributed by atoms with E-state index in [4.69, 9.17) is 23.2 Å². The summed E-state index contributed by atoms with van der Waals surface area (Å²) in [6.07, 6.45) is 1.23. The van der Waals surface area contributed by atoms with E-state index in [0.29, 0.717) is 21.2 Å². The molecule has 2 aromatic rings. The predicted molar refractivity (Wildman–Crippen MR) is 83.1 cm³/mol. The van der Waals surface area contributed by atoms with Gasteiger partial charge in [-0.1, -0.05) is 41.4 Å². The molecule has 102 valence electrons. The zero-order valence-corrected chi connectivity index (χ0v) is 12.3. The van der Waals surface area contributed by atoms with Crippen molar-refractivity contribution in [2.75, 3.05) is 11.9 Å². The Kier molecular flexibility index (Phi) is 3.68. The van der Waals surface area contributed by atoms with Crippen molar-refractivity contribution >= 4 is 34.7 Å². The number of carbonyl (C=O) groups excluding carboxylic acids is 1. The molecule has 0 saturated heterocycles. The van der Waals surface area contributed by atoms with Crippen molar-refractivity contribution in [2.24, 2.45) is 0 Å². The SMILES string of the molecule is O=C(Cc1c(Cl)cccc1Cl)c1ccc2c(c1)NCC2. The van der Waals surface area contributed by atoms with Gasteiger partial charge in [0.15, 0.2) is 5.78 Å². The van der Waals surface area contributed by atoms with E-state index < -0.39 is 0 Å². The van der Waals surface area contributed by atoms with Gasteiger partial charge in [-0.3, -0.25) is 4.79 Å². The first-order chi connectivity index (χ1) is 9.65. The van der Waals surface area contributed by atoms with Gasteiger partial charge in [0.2, 0.25) is 0 Å². The summed E-state index contributed by atoms with van der Waals surface area (Å²) in [6.45, 7) is 0.934. The molecule has 3 rings (SSSR count). The molecule has 0 fully saturated rings. The van der Waals surface area contributed by atoms with Crippen LogP contribution in [0.3, 0.4) is 0 Å². The van der Waals surface area contributed by atoms with Crippen molar-refractivity contribution < 1.29 is 4.79 Å². The molecule has 1 aliphatic heterocycles. The largest absolute Gasteiger partial charge is 0.384 e. The zero-order valence-electron chi connectivity index (χ0n) is 10.7. The van der Waals surface area contributed by atoms with Crippen molar-refractivity contribution in [1.29, 1.82) is 0 Å². The fourth-order valence-corrected chi connectivity index (χ4v) is 2.96. The van der Waals surface area contributed by atoms with E-state index >= 15 is 0 Å². The molecule has 0 aliphatic carbocycles. The Morgan fingerprint density at radius 3 is 2.65 bits per heavy atom. The number of fused-ring (bicyclic) bond motifs is 1. The summed E-state index contributed by atoms with van der Waals surface area (Å²) in [6, 6.07) is 11.1. The van der Waals surface area contributed by atoms with E-state index in [1.54, 1.807) is 18.2 Å². The Bertz CT molecular complexity index is 662. The fourth-order valence-electron chi connectivity index (χ4n) is 2.43. The second kappa shape index (κ2) is 5.47. The van der Waals surface area contributed by atoms with Gasteiger partial charge >= 0.3 is 0 Å². The first-order valence-electron chi connectivity index (χ1n) is 6.48. The minimum absolute atomic E-state index is 0.0245. The summed E-state index contributed by atoms with van der Waals surface area (Å²) < 4.78 is 0. The Hall–Kier alpha value is -1.51. The number of hydrogen-bond donors (Lipinski definition) is 1. The quantitative estimate of drug-likeness (QED) is 0.852. The maximum absolute atomic E-state index is 12.4. The van der Waals surface area contributed by atoms with Crippen LogP contribution < -0.4 is 5.32 Å². The molecule has 0 saturated carbocycles. The lowest BCUT2D eigenvalue weighted by Crippen LogP contribution is -2.05. The number of Topliss-reactive ketones (excluding diaryl/α,β-unsaturated/α-hetero) is 1. The van der Waals surface area contributed by atoms with E-state index in [2.05, 4.69) is 5.32 Å². The molecule has 0 radical (unpaired) electrons. The monoisotopic (exact) mass is 305 g/mol. The maximum atomic E-state index is 12.4. The number of halogens is 2. The number of ketones is 1. The van der Waals surface area contributed by atoms with Crippen LogP contribution >= 0.6 is 23.2 Å². The van der Waals surface area contributed by atoms with E-state index in [0.717, 1.165) is 18.7 Å². The van der Waals surface area contributed by atoms with Crippen LogP contribution in [0.5, 0.6) is 0 Å². The Labute approximate surface area is 127 Å². The molecule has 0 amide bonds. The maximum Gasteiger partial charge on any atom is 0.167 e. The standard InChI is InChI=1S/C16H13Cl2NO/c17-13-2-1-3-14(18)12(13)9-16(20)11-5-4-10-6-7-19-15(10)8-11/h1-5,8,19H,6-7,9H2. The van der Waals surface area contributed by atoms with Gasteiger partial charge in [-0.15, -0.1) is 0 Å². The number of anilines is 1. The number of hydrogen-bond acceptors (Lipinski definition) is 2. The minimum atomic E-state index is 0.0245. The summed E-state index contributed by atoms with van der Waals surface area (Å²) in [7, 11) is 0. The predicted octanol–water partition coefficient (Wildman–Crippen LogP) is 4.39. The normalized spacial score (nSPS) is 12.9. The highest BCUT2D eigenvalue weighted by molar-refractivity contribution is 6.36. The summed E-state index contributed by atoms with van der Waals surface area (Å²) in [4.78, 5) is 12.4. The molecule has 2 nitrogen and oxygen atoms in total. The lowest BCUT2D eigenvalue weighted by Gasteiger charge is -2.07. The van der Waals surface area contributed by atoms with Crippen LogP contribution in [-0.4, -0.2) is 12.3 Å². The van der Waals surface area contributed by atoms with Crippen molar-refractivity contribution in [3.8, 4) is 0 Å². The van der Waals surface area contributed by atoms with Crippen LogP contribution in [0.15, 0.2) is 36.4 Å². The molecule has 0 bridgehead atoms. The average molecular weight is 306 g/mol. The van der Waals surface area contributed by atoms with Crippen LogP contribution in [0, 0.1) is 0 Å². The number of rotatable bonds is 3. The van der Waals surface area contributed by atoms with Crippen LogP contribution in [0.25, 0.3) is 0 Å². The number of carbonyl (C=O) groups is 1. The molecular formula is C16H13Cl2NO. The van der Waals surface area contributed by atoms with Crippen molar-refractivity contribution in [3.63, 3.8) is 0 Å². The molecule has 1 N–H and O–H groups in total. The van der Waals surface area contributed by atoms with Gasteiger partial charge in [0.25, 0.3) is 0 Å². The zero-order chi connectivity index (χ0) is 14.1. The van der Waals surface area contributed by atoms with E-state index in [-0.39, 0.29) is 12.2 Å². The van der Waals surface area contributed by atoms with Gasteiger partial charge < -0.3 is 5.32 Å². The summed E-state index contributed by atoms with van der Waals surface area (Å²) in [5.74, 6) is 0.0245. The highest BCUT2D eigenvalue weighted by Gasteiger charge is 2.16. The second-order valence-electron chi connectivity index (χ2n) is 4.85. The third kappa shape index (κ3) is 2.54. The summed E-state index contributed by atoms with van der Waals surface area (Å²) in [5, 5.41) is 4.34. The lowest BCUT2D eigenvalue weighted by molar-refractivity contribution is 0.0993. The van der Waals surface area contributed by atoms with Crippen molar-refractivity contribution in [3.05, 3.63) is 63.1 Å². The Balaban J connectivity index is 1.86. The fraction of sp³-hybridized carbons (Fsp3) is 0.188. The summed E-state index contributed by atoms with van der Waals surface area (Å²) in [5.41, 5.74) is 3.70. The highest BCUT2D eigenvalue weighted by Crippen LogP contribution is 2.27. The molecule has 20 heavy (non-hydrogen) atoms. The summed E-state index contributed by atoms with van der Waals surface area (Å²) >= 11 is 12.2. The first-order valence-corrected chi connectivity index (χ1v) is 7.23. The third-order valence-corrected chi connectivity index (χ3v) is 4.25. The van der Waals surface area contributed by atoms with Crippen LogP contribution in [0.4, 0.5) is 5.69 Å². The molecule has 2 aromatic carbocycles. The highest BCUT2D eigenvalue weighted by atomic mass is 35.5. The molecule has 0 aromatic heterocycles. The molecule has 0 atom stereocenters. The van der Waals surface area contributed by atoms with Gasteiger partial charge in [-0.25, -0.2) is 0 Å². The van der Waals surface area contributed by atoms with Gasteiger partial charge in [0.05, 0.1) is 0 Å². The molecule has 4 heteroatoms. The van der Waals surface area contributed by atoms with Crippen molar-refractivity contribution in [1.82, 2.24) is 0 Å². The molecule has 0 spiro atoms. The van der Waals surface area contributed by atoms with Crippen molar-refractivity contribution in [2.45, 2.75) is 12.8 Å². The Morgan fingerprint density at radius 2 is 1.90 bits per heavy atom. The molecule has 1 heterocycles. The van der Waals surface area contributed by atoms with Crippen LogP contribution in [0.1, 0.15) is 21.5 Å². The number of nitrogens with one attached hydrogen (secondary N) is 1. The smallest absolute Gasteiger partial charge is 0.167 e. The molecule has 1 aliphatic rings. The molecular weight excluding hydrogens is 293 g/mol. The van der Waals surface area contributed by atoms with Gasteiger partial charge in [-0.2, -0.15) is 0 Å². The van der Waals surface area contributed by atoms with E-state index in [1.807, 2.05) is 18.2 Å². The van der Waals surface area contributed by atoms with Gasteiger partial charge in [-0.05, 0) is 35.7 Å². The van der Waals surface area contributed by atoms with Gasteiger partial charge in [0, 0.05) is 34.3 Å². The lowest BCUT2D eigenvalue weighted by atomic mass is 10.0. The average Bonchev–Trinajstić information content (AvgIpc) is 2.90.